The molecule has 0 saturated carbocycles. The number of nitrogens with one attached hydrogen (secondary N) is 1. The van der Waals surface area contributed by atoms with Crippen LogP contribution in [0.5, 0.6) is 0 Å². The molecule has 442 valence electrons. The van der Waals surface area contributed by atoms with E-state index in [0.717, 1.165) is 44.9 Å². The van der Waals surface area contributed by atoms with E-state index in [1.165, 1.54) is 250 Å². The van der Waals surface area contributed by atoms with Crippen LogP contribution in [0.4, 0.5) is 0 Å². The Morgan fingerprint density at radius 2 is 0.733 bits per heavy atom. The van der Waals surface area contributed by atoms with Crippen LogP contribution < -0.4 is 5.32 Å². The van der Waals surface area contributed by atoms with E-state index in [4.69, 9.17) is 9.05 Å². The number of aliphatic hydroxyl groups is 1. The van der Waals surface area contributed by atoms with Gasteiger partial charge in [0.15, 0.2) is 0 Å². The van der Waals surface area contributed by atoms with Crippen LogP contribution in [0.15, 0.2) is 48.6 Å². The molecule has 0 rings (SSSR count). The molecule has 0 aliphatic carbocycles. The van der Waals surface area contributed by atoms with Gasteiger partial charge in [0.1, 0.15) is 13.2 Å². The number of allylic oxidation sites excluding steroid dienone is 7. The number of hydrogen-bond donors (Lipinski definition) is 3. The van der Waals surface area contributed by atoms with E-state index in [1.54, 1.807) is 6.08 Å². The van der Waals surface area contributed by atoms with Crippen molar-refractivity contribution in [3.63, 3.8) is 0 Å². The van der Waals surface area contributed by atoms with Crippen molar-refractivity contribution in [3.05, 3.63) is 48.6 Å². The maximum atomic E-state index is 13.0. The van der Waals surface area contributed by atoms with Crippen molar-refractivity contribution in [2.75, 3.05) is 40.9 Å². The molecule has 0 aliphatic heterocycles. The number of hydrogen-bond acceptors (Lipinski definition) is 5. The van der Waals surface area contributed by atoms with Gasteiger partial charge in [-0.1, -0.05) is 287 Å². The second-order valence-electron chi connectivity index (χ2n) is 23.5. The van der Waals surface area contributed by atoms with E-state index in [-0.39, 0.29) is 19.1 Å². The summed E-state index contributed by atoms with van der Waals surface area (Å²) in [5.74, 6) is -0.186. The van der Waals surface area contributed by atoms with E-state index in [1.807, 2.05) is 27.2 Å². The van der Waals surface area contributed by atoms with Crippen LogP contribution >= 0.6 is 7.82 Å². The van der Waals surface area contributed by atoms with Gasteiger partial charge in [-0.3, -0.25) is 13.8 Å². The van der Waals surface area contributed by atoms with E-state index in [9.17, 15) is 19.4 Å². The van der Waals surface area contributed by atoms with Gasteiger partial charge in [-0.2, -0.15) is 0 Å². The Hall–Kier alpha value is -1.54. The minimum absolute atomic E-state index is 0.0543. The number of rotatable bonds is 60. The smallest absolute Gasteiger partial charge is 0.387 e. The van der Waals surface area contributed by atoms with Gasteiger partial charge in [0.2, 0.25) is 5.91 Å². The van der Waals surface area contributed by atoms with Crippen LogP contribution in [-0.2, 0) is 18.4 Å². The average molecular weight is 1080 g/mol. The topological polar surface area (TPSA) is 105 Å². The Labute approximate surface area is 467 Å². The molecule has 0 aromatic rings. The molecule has 0 fully saturated rings. The van der Waals surface area contributed by atoms with Crippen molar-refractivity contribution in [1.82, 2.24) is 5.32 Å². The van der Waals surface area contributed by atoms with Gasteiger partial charge in [-0.25, -0.2) is 4.57 Å². The highest BCUT2D eigenvalue weighted by atomic mass is 31.2. The zero-order valence-corrected chi connectivity index (χ0v) is 51.4. The quantitative estimate of drug-likeness (QED) is 0.0243. The third-order valence-electron chi connectivity index (χ3n) is 14.7. The van der Waals surface area contributed by atoms with Crippen LogP contribution in [0.3, 0.4) is 0 Å². The lowest BCUT2D eigenvalue weighted by Crippen LogP contribution is -2.45. The summed E-state index contributed by atoms with van der Waals surface area (Å²) in [6.45, 7) is 4.82. The number of unbranched alkanes of at least 4 members (excludes halogenated alkanes) is 41. The predicted molar refractivity (Wildman–Crippen MR) is 327 cm³/mol. The molecule has 0 aromatic heterocycles. The molecule has 0 bridgehead atoms. The molecule has 0 aromatic carbocycles. The largest absolute Gasteiger partial charge is 0.472 e. The first-order valence-corrected chi connectivity index (χ1v) is 34.0. The van der Waals surface area contributed by atoms with Crippen LogP contribution in [0.2, 0.25) is 0 Å². The molecule has 3 N–H and O–H groups in total. The second kappa shape index (κ2) is 57.2. The number of nitrogens with zero attached hydrogens (tertiary/aromatic N) is 1. The maximum absolute atomic E-state index is 13.0. The Bertz CT molecular complexity index is 1360. The lowest BCUT2D eigenvalue weighted by molar-refractivity contribution is -0.870. The highest BCUT2D eigenvalue weighted by Gasteiger charge is 2.27. The molecular weight excluding hydrogens is 948 g/mol. The van der Waals surface area contributed by atoms with E-state index >= 15 is 0 Å². The first kappa shape index (κ1) is 73.5. The third-order valence-corrected chi connectivity index (χ3v) is 15.7. The molecule has 3 atom stereocenters. The van der Waals surface area contributed by atoms with E-state index in [0.29, 0.717) is 17.4 Å². The summed E-state index contributed by atoms with van der Waals surface area (Å²) in [6.07, 6.45) is 76.8. The number of quaternary nitrogens is 1. The summed E-state index contributed by atoms with van der Waals surface area (Å²) in [4.78, 5) is 23.3. The molecule has 1 amide bonds. The summed E-state index contributed by atoms with van der Waals surface area (Å²) in [7, 11) is 1.56. The lowest BCUT2D eigenvalue weighted by Gasteiger charge is -2.25. The van der Waals surface area contributed by atoms with Gasteiger partial charge in [0.25, 0.3) is 0 Å². The molecule has 9 heteroatoms. The Morgan fingerprint density at radius 1 is 0.440 bits per heavy atom. The molecule has 0 spiro atoms. The number of carbonyl (C=O) groups excluding carboxylic acids is 1. The average Bonchev–Trinajstić information content (AvgIpc) is 3.37. The summed E-state index contributed by atoms with van der Waals surface area (Å²) in [5.41, 5.74) is 0. The number of aliphatic hydroxyl groups excluding tert-OH is 1. The zero-order valence-electron chi connectivity index (χ0n) is 50.6. The Morgan fingerprint density at radius 3 is 1.07 bits per heavy atom. The first-order chi connectivity index (χ1) is 36.5. The minimum atomic E-state index is -4.36. The van der Waals surface area contributed by atoms with Crippen molar-refractivity contribution < 1.29 is 32.9 Å². The van der Waals surface area contributed by atoms with Crippen molar-refractivity contribution >= 4 is 13.7 Å². The van der Waals surface area contributed by atoms with Gasteiger partial charge in [-0.15, -0.1) is 0 Å². The fraction of sp³-hybridized carbons (Fsp3) is 0.864. The van der Waals surface area contributed by atoms with Crippen molar-refractivity contribution in [1.29, 1.82) is 0 Å². The van der Waals surface area contributed by atoms with Gasteiger partial charge >= 0.3 is 7.82 Å². The number of likely N-dealkylation sites (N-methyl/N-ethyl adjacent to an activating group) is 1. The zero-order chi connectivity index (χ0) is 54.9. The van der Waals surface area contributed by atoms with E-state index < -0.39 is 20.0 Å². The second-order valence-corrected chi connectivity index (χ2v) is 24.9. The molecule has 0 radical (unpaired) electrons. The number of carbonyl (C=O) groups is 1. The molecule has 0 aliphatic rings. The number of phosphoric ester groups is 1. The minimum Gasteiger partial charge on any atom is -0.387 e. The van der Waals surface area contributed by atoms with Crippen LogP contribution in [0, 0.1) is 0 Å². The van der Waals surface area contributed by atoms with Crippen molar-refractivity contribution in [3.8, 4) is 0 Å². The van der Waals surface area contributed by atoms with E-state index in [2.05, 4.69) is 55.6 Å². The maximum Gasteiger partial charge on any atom is 0.472 e. The highest BCUT2D eigenvalue weighted by molar-refractivity contribution is 7.47. The molecule has 8 nitrogen and oxygen atoms in total. The number of phosphoric acid groups is 1. The molecule has 75 heavy (non-hydrogen) atoms. The molecule has 0 saturated heterocycles. The summed E-state index contributed by atoms with van der Waals surface area (Å²) in [5, 5.41) is 13.9. The third kappa shape index (κ3) is 60.0. The molecular formula is C66H128N2O6P+. The standard InChI is InChI=1S/C66H127N2O6P/c1-6-8-10-12-14-16-18-20-22-24-26-28-29-30-31-32-33-34-35-36-37-38-39-40-42-44-46-48-50-52-54-56-58-60-66(70)67-64(63-74-75(71,72)73-62-61-68(3,4)5)65(69)59-57-55-53-51-49-47-45-43-41-27-25-23-21-19-17-15-13-11-9-7-2/h24,26,41,43,49,51,57,59,64-65,69H,6-23,25,27-40,42,44-48,50,52-56,58,60-63H2,1-5H3,(H-,67,70,71,72)/p+1/b26-24-,43-41+,51-49+,59-57+. The first-order valence-electron chi connectivity index (χ1n) is 32.5. The van der Waals surface area contributed by atoms with Gasteiger partial charge in [-0.05, 0) is 70.6 Å². The SMILES string of the molecule is CCCCCCCCCC/C=C\CCCCCCCCCCCCCCCCCCCCCCCC(=O)NC(COP(=O)(O)OCC[N+](C)(C)C)C(O)/C=C/CC/C=C/CC/C=C/CCCCCCCCCCCC. The predicted octanol–water partition coefficient (Wildman–Crippen LogP) is 20.3. The summed E-state index contributed by atoms with van der Waals surface area (Å²) in [6, 6.07) is -0.870. The summed E-state index contributed by atoms with van der Waals surface area (Å²) < 4.78 is 23.7. The fourth-order valence-electron chi connectivity index (χ4n) is 9.66. The lowest BCUT2D eigenvalue weighted by atomic mass is 10.0. The molecule has 3 unspecified atom stereocenters. The van der Waals surface area contributed by atoms with Gasteiger partial charge in [0.05, 0.1) is 39.9 Å². The van der Waals surface area contributed by atoms with Crippen LogP contribution in [-0.4, -0.2) is 73.4 Å². The Kier molecular flexibility index (Phi) is 56.0. The van der Waals surface area contributed by atoms with Crippen molar-refractivity contribution in [2.45, 2.75) is 328 Å². The number of amides is 1. The molecule has 0 heterocycles. The van der Waals surface area contributed by atoms with Gasteiger partial charge < -0.3 is 19.8 Å². The fourth-order valence-corrected chi connectivity index (χ4v) is 10.4. The van der Waals surface area contributed by atoms with Crippen LogP contribution in [0.25, 0.3) is 0 Å². The van der Waals surface area contributed by atoms with Crippen molar-refractivity contribution in [2.24, 2.45) is 0 Å². The highest BCUT2D eigenvalue weighted by Crippen LogP contribution is 2.43. The Balaban J connectivity index is 4.08. The van der Waals surface area contributed by atoms with Crippen LogP contribution in [0.1, 0.15) is 316 Å². The monoisotopic (exact) mass is 1080 g/mol. The summed E-state index contributed by atoms with van der Waals surface area (Å²) >= 11 is 0. The van der Waals surface area contributed by atoms with Gasteiger partial charge in [0, 0.05) is 6.42 Å². The normalized spacial score (nSPS) is 14.1.